The molecule has 2 unspecified atom stereocenters. The van der Waals surface area contributed by atoms with E-state index in [-0.39, 0.29) is 5.54 Å². The van der Waals surface area contributed by atoms with Gasteiger partial charge in [0.15, 0.2) is 0 Å². The SMILES string of the molecule is CCCC1(CC)CC(F)CN1CC. The minimum absolute atomic E-state index is 0.183. The van der Waals surface area contributed by atoms with Crippen molar-refractivity contribution in [2.75, 3.05) is 13.1 Å². The largest absolute Gasteiger partial charge is 0.295 e. The molecule has 0 aromatic rings. The Morgan fingerprint density at radius 2 is 2.08 bits per heavy atom. The first-order chi connectivity index (χ1) is 6.18. The maximum absolute atomic E-state index is 13.3. The average Bonchev–Trinajstić information content (AvgIpc) is 2.43. The van der Waals surface area contributed by atoms with Crippen LogP contribution in [-0.4, -0.2) is 29.7 Å². The molecule has 2 atom stereocenters. The Hall–Kier alpha value is -0.110. The second-order valence-electron chi connectivity index (χ2n) is 4.17. The van der Waals surface area contributed by atoms with Crippen molar-refractivity contribution < 1.29 is 4.39 Å². The molecular weight excluding hydrogens is 165 g/mol. The van der Waals surface area contributed by atoms with Crippen LogP contribution in [0, 0.1) is 0 Å². The third-order valence-electron chi connectivity index (χ3n) is 3.45. The summed E-state index contributed by atoms with van der Waals surface area (Å²) in [6.45, 7) is 8.17. The highest BCUT2D eigenvalue weighted by molar-refractivity contribution is 4.98. The van der Waals surface area contributed by atoms with Gasteiger partial charge in [0.25, 0.3) is 0 Å². The number of alkyl halides is 1. The summed E-state index contributed by atoms with van der Waals surface area (Å²) in [4.78, 5) is 2.33. The number of hydrogen-bond acceptors (Lipinski definition) is 1. The van der Waals surface area contributed by atoms with Crippen molar-refractivity contribution in [2.24, 2.45) is 0 Å². The van der Waals surface area contributed by atoms with Gasteiger partial charge in [-0.25, -0.2) is 4.39 Å². The second-order valence-corrected chi connectivity index (χ2v) is 4.17. The van der Waals surface area contributed by atoms with E-state index in [4.69, 9.17) is 0 Å². The summed E-state index contributed by atoms with van der Waals surface area (Å²) >= 11 is 0. The fourth-order valence-corrected chi connectivity index (χ4v) is 2.77. The molecule has 78 valence electrons. The molecule has 0 saturated carbocycles. The molecule has 13 heavy (non-hydrogen) atoms. The van der Waals surface area contributed by atoms with Crippen molar-refractivity contribution >= 4 is 0 Å². The Kier molecular flexibility index (Phi) is 3.72. The third-order valence-corrected chi connectivity index (χ3v) is 3.45. The van der Waals surface area contributed by atoms with Gasteiger partial charge in [-0.1, -0.05) is 27.2 Å². The molecule has 2 heteroatoms. The molecule has 1 aliphatic rings. The van der Waals surface area contributed by atoms with E-state index in [0.717, 1.165) is 32.2 Å². The Bertz CT molecular complexity index is 160. The van der Waals surface area contributed by atoms with E-state index in [0.29, 0.717) is 6.54 Å². The molecule has 1 heterocycles. The minimum atomic E-state index is -0.591. The molecule has 1 fully saturated rings. The monoisotopic (exact) mass is 187 g/mol. The van der Waals surface area contributed by atoms with Crippen molar-refractivity contribution in [3.8, 4) is 0 Å². The molecule has 1 rings (SSSR count). The topological polar surface area (TPSA) is 3.24 Å². The lowest BCUT2D eigenvalue weighted by Crippen LogP contribution is -2.42. The van der Waals surface area contributed by atoms with E-state index in [1.54, 1.807) is 0 Å². The summed E-state index contributed by atoms with van der Waals surface area (Å²) in [5.74, 6) is 0. The third kappa shape index (κ3) is 2.04. The molecule has 1 nitrogen and oxygen atoms in total. The molecule has 0 aromatic carbocycles. The van der Waals surface area contributed by atoms with Gasteiger partial charge in [-0.3, -0.25) is 4.90 Å². The zero-order chi connectivity index (χ0) is 9.90. The van der Waals surface area contributed by atoms with E-state index in [1.165, 1.54) is 0 Å². The molecule has 0 aromatic heterocycles. The number of likely N-dealkylation sites (tertiary alicyclic amines) is 1. The second kappa shape index (κ2) is 4.41. The standard InChI is InChI=1S/C11H22FN/c1-4-7-11(5-2)8-10(12)9-13(11)6-3/h10H,4-9H2,1-3H3. The summed E-state index contributed by atoms with van der Waals surface area (Å²) in [6, 6.07) is 0. The first kappa shape index (κ1) is 11.0. The number of rotatable bonds is 4. The zero-order valence-corrected chi connectivity index (χ0v) is 9.15. The van der Waals surface area contributed by atoms with Crippen molar-refractivity contribution in [3.05, 3.63) is 0 Å². The predicted octanol–water partition coefficient (Wildman–Crippen LogP) is 3.00. The molecule has 0 amide bonds. The maximum atomic E-state index is 13.3. The van der Waals surface area contributed by atoms with Gasteiger partial charge >= 0.3 is 0 Å². The molecule has 0 bridgehead atoms. The smallest absolute Gasteiger partial charge is 0.115 e. The molecule has 0 aliphatic carbocycles. The van der Waals surface area contributed by atoms with Gasteiger partial charge in [0.1, 0.15) is 6.17 Å². The van der Waals surface area contributed by atoms with Crippen LogP contribution in [0.2, 0.25) is 0 Å². The summed E-state index contributed by atoms with van der Waals surface area (Å²) in [6.07, 6.45) is 3.57. The summed E-state index contributed by atoms with van der Waals surface area (Å²) in [5.41, 5.74) is 0.183. The molecule has 1 saturated heterocycles. The van der Waals surface area contributed by atoms with Crippen molar-refractivity contribution in [2.45, 2.75) is 58.2 Å². The van der Waals surface area contributed by atoms with Crippen LogP contribution >= 0.6 is 0 Å². The van der Waals surface area contributed by atoms with Gasteiger partial charge < -0.3 is 0 Å². The van der Waals surface area contributed by atoms with Crippen LogP contribution in [0.15, 0.2) is 0 Å². The zero-order valence-electron chi connectivity index (χ0n) is 9.15. The van der Waals surface area contributed by atoms with Gasteiger partial charge in [-0.2, -0.15) is 0 Å². The van der Waals surface area contributed by atoms with Crippen LogP contribution in [0.1, 0.15) is 46.5 Å². The quantitative estimate of drug-likeness (QED) is 0.654. The van der Waals surface area contributed by atoms with Gasteiger partial charge in [-0.15, -0.1) is 0 Å². The van der Waals surface area contributed by atoms with E-state index in [9.17, 15) is 4.39 Å². The molecule has 0 spiro atoms. The van der Waals surface area contributed by atoms with E-state index < -0.39 is 6.17 Å². The lowest BCUT2D eigenvalue weighted by Gasteiger charge is -2.37. The summed E-state index contributed by atoms with van der Waals surface area (Å²) in [5, 5.41) is 0. The first-order valence-electron chi connectivity index (χ1n) is 5.57. The van der Waals surface area contributed by atoms with Crippen LogP contribution in [0.4, 0.5) is 4.39 Å². The summed E-state index contributed by atoms with van der Waals surface area (Å²) < 4.78 is 13.3. The van der Waals surface area contributed by atoms with Crippen LogP contribution in [0.3, 0.4) is 0 Å². The molecular formula is C11H22FN. The number of nitrogens with zero attached hydrogens (tertiary/aromatic N) is 1. The average molecular weight is 187 g/mol. The highest BCUT2D eigenvalue weighted by Gasteiger charge is 2.42. The Balaban J connectivity index is 2.70. The van der Waals surface area contributed by atoms with E-state index in [2.05, 4.69) is 25.7 Å². The Morgan fingerprint density at radius 1 is 1.38 bits per heavy atom. The molecule has 1 aliphatic heterocycles. The van der Waals surface area contributed by atoms with Crippen LogP contribution in [-0.2, 0) is 0 Å². The van der Waals surface area contributed by atoms with Crippen molar-refractivity contribution in [1.82, 2.24) is 4.90 Å². The lowest BCUT2D eigenvalue weighted by molar-refractivity contribution is 0.127. The maximum Gasteiger partial charge on any atom is 0.115 e. The van der Waals surface area contributed by atoms with Crippen LogP contribution in [0.5, 0.6) is 0 Å². The van der Waals surface area contributed by atoms with Gasteiger partial charge in [0.05, 0.1) is 0 Å². The van der Waals surface area contributed by atoms with Gasteiger partial charge in [0, 0.05) is 12.1 Å². The Morgan fingerprint density at radius 3 is 2.54 bits per heavy atom. The first-order valence-corrected chi connectivity index (χ1v) is 5.57. The molecule has 0 radical (unpaired) electrons. The van der Waals surface area contributed by atoms with Gasteiger partial charge in [-0.05, 0) is 25.8 Å². The van der Waals surface area contributed by atoms with Gasteiger partial charge in [0.2, 0.25) is 0 Å². The van der Waals surface area contributed by atoms with Crippen molar-refractivity contribution in [3.63, 3.8) is 0 Å². The van der Waals surface area contributed by atoms with E-state index in [1.807, 2.05) is 0 Å². The highest BCUT2D eigenvalue weighted by atomic mass is 19.1. The van der Waals surface area contributed by atoms with Crippen molar-refractivity contribution in [1.29, 1.82) is 0 Å². The fraction of sp³-hybridized carbons (Fsp3) is 1.00. The molecule has 0 N–H and O–H groups in total. The Labute approximate surface area is 81.3 Å². The van der Waals surface area contributed by atoms with Crippen LogP contribution < -0.4 is 0 Å². The lowest BCUT2D eigenvalue weighted by atomic mass is 9.87. The fourth-order valence-electron chi connectivity index (χ4n) is 2.77. The highest BCUT2D eigenvalue weighted by Crippen LogP contribution is 2.37. The number of hydrogen-bond donors (Lipinski definition) is 0. The summed E-state index contributed by atoms with van der Waals surface area (Å²) in [7, 11) is 0. The number of halogens is 1. The van der Waals surface area contributed by atoms with E-state index >= 15 is 0 Å². The van der Waals surface area contributed by atoms with Crippen LogP contribution in [0.25, 0.3) is 0 Å². The predicted molar refractivity (Wildman–Crippen MR) is 54.7 cm³/mol. The minimum Gasteiger partial charge on any atom is -0.295 e. The normalized spacial score (nSPS) is 35.5.